The number of rotatable bonds is 6. The third kappa shape index (κ3) is 5.17. The van der Waals surface area contributed by atoms with Gasteiger partial charge in [0.15, 0.2) is 12.4 Å². The Balaban J connectivity index is 1.87. The fourth-order valence-corrected chi connectivity index (χ4v) is 2.42. The van der Waals surface area contributed by atoms with Crippen molar-refractivity contribution in [3.05, 3.63) is 30.9 Å². The highest BCUT2D eigenvalue weighted by Gasteiger charge is 2.10. The minimum Gasteiger partial charge on any atom is -0.748 e. The average Bonchev–Trinajstić information content (AvgIpc) is 2.92. The lowest BCUT2D eigenvalue weighted by Gasteiger charge is -2.06. The van der Waals surface area contributed by atoms with Gasteiger partial charge in [-0.25, -0.2) is 13.4 Å². The van der Waals surface area contributed by atoms with Gasteiger partial charge in [-0.2, -0.15) is 8.94 Å². The molecular weight excluding hydrogens is 316 g/mol. The van der Waals surface area contributed by atoms with Crippen LogP contribution >= 0.6 is 11.5 Å². The van der Waals surface area contributed by atoms with E-state index in [2.05, 4.69) is 14.7 Å². The number of aromatic nitrogens is 3. The topological polar surface area (TPSA) is 116 Å². The fourth-order valence-electron chi connectivity index (χ4n) is 1.54. The summed E-state index contributed by atoms with van der Waals surface area (Å²) in [5.74, 6) is -0.980. The Morgan fingerprint density at radius 2 is 2.10 bits per heavy atom. The Bertz CT molecular complexity index is 698. The predicted octanol–water partition coefficient (Wildman–Crippen LogP) is -0.846. The van der Waals surface area contributed by atoms with E-state index in [0.29, 0.717) is 0 Å². The Morgan fingerprint density at radius 3 is 2.67 bits per heavy atom. The van der Waals surface area contributed by atoms with Gasteiger partial charge >= 0.3 is 0 Å². The van der Waals surface area contributed by atoms with Crippen LogP contribution in [0.5, 0.6) is 0 Å². The van der Waals surface area contributed by atoms with E-state index in [1.54, 1.807) is 29.1 Å². The van der Waals surface area contributed by atoms with E-state index in [-0.39, 0.29) is 19.0 Å². The highest BCUT2D eigenvalue weighted by molar-refractivity contribution is 7.85. The van der Waals surface area contributed by atoms with Crippen molar-refractivity contribution in [1.82, 2.24) is 14.7 Å². The molecule has 0 bridgehead atoms. The van der Waals surface area contributed by atoms with Gasteiger partial charge in [0, 0.05) is 24.2 Å². The standard InChI is InChI=1S/C11H12N4O4S2/c16-10(12-3-6-21(17,18)19)7-15-4-1-9(2-5-15)11-13-8-14-20-11/h1-2,4-5,8H,3,6-7H2,(H-,12,16,17,18,19). The maximum Gasteiger partial charge on any atom is 0.286 e. The Labute approximate surface area is 125 Å². The Hall–Kier alpha value is -1.91. The Kier molecular flexibility index (Phi) is 4.94. The number of carbonyl (C=O) groups excluding carboxylic acids is 1. The van der Waals surface area contributed by atoms with Crippen LogP contribution in [0.3, 0.4) is 0 Å². The SMILES string of the molecule is O=C(C[n+]1ccc(-c2ncns2)cc1)NCCS(=O)(=O)[O-]. The predicted molar refractivity (Wildman–Crippen MR) is 73.1 cm³/mol. The number of amides is 1. The van der Waals surface area contributed by atoms with Crippen molar-refractivity contribution in [3.8, 4) is 10.6 Å². The molecule has 0 aromatic carbocycles. The van der Waals surface area contributed by atoms with Crippen LogP contribution < -0.4 is 9.88 Å². The van der Waals surface area contributed by atoms with E-state index < -0.39 is 15.9 Å². The van der Waals surface area contributed by atoms with E-state index in [1.807, 2.05) is 0 Å². The number of hydrogen-bond acceptors (Lipinski definition) is 7. The molecule has 2 rings (SSSR count). The zero-order valence-electron chi connectivity index (χ0n) is 10.8. The zero-order valence-corrected chi connectivity index (χ0v) is 12.4. The molecule has 0 saturated heterocycles. The van der Waals surface area contributed by atoms with Crippen molar-refractivity contribution < 1.29 is 22.3 Å². The third-order valence-corrected chi connectivity index (χ3v) is 3.92. The van der Waals surface area contributed by atoms with Crippen molar-refractivity contribution in [1.29, 1.82) is 0 Å². The summed E-state index contributed by atoms with van der Waals surface area (Å²) in [7, 11) is -4.31. The van der Waals surface area contributed by atoms with E-state index in [4.69, 9.17) is 0 Å². The first-order valence-electron chi connectivity index (χ1n) is 5.90. The van der Waals surface area contributed by atoms with Crippen molar-refractivity contribution in [2.75, 3.05) is 12.3 Å². The van der Waals surface area contributed by atoms with Gasteiger partial charge in [-0.05, 0) is 11.5 Å². The summed E-state index contributed by atoms with van der Waals surface area (Å²) < 4.78 is 36.7. The lowest BCUT2D eigenvalue weighted by atomic mass is 10.3. The molecule has 0 saturated carbocycles. The molecule has 1 N–H and O–H groups in total. The molecule has 2 heterocycles. The summed E-state index contributed by atoms with van der Waals surface area (Å²) in [4.78, 5) is 15.6. The van der Waals surface area contributed by atoms with E-state index in [0.717, 1.165) is 10.6 Å². The number of nitrogens with one attached hydrogen (secondary N) is 1. The van der Waals surface area contributed by atoms with Crippen molar-refractivity contribution in [2.24, 2.45) is 0 Å². The molecule has 0 radical (unpaired) electrons. The van der Waals surface area contributed by atoms with Crippen LogP contribution in [-0.4, -0.2) is 40.5 Å². The largest absolute Gasteiger partial charge is 0.748 e. The summed E-state index contributed by atoms with van der Waals surface area (Å²) in [6, 6.07) is 3.60. The van der Waals surface area contributed by atoms with Gasteiger partial charge in [0.25, 0.3) is 5.91 Å². The number of hydrogen-bond donors (Lipinski definition) is 1. The summed E-state index contributed by atoms with van der Waals surface area (Å²) in [5.41, 5.74) is 0.895. The van der Waals surface area contributed by atoms with Crippen LogP contribution in [0.25, 0.3) is 10.6 Å². The molecule has 0 unspecified atom stereocenters. The maximum absolute atomic E-state index is 11.6. The van der Waals surface area contributed by atoms with E-state index in [9.17, 15) is 17.8 Å². The minimum atomic E-state index is -4.31. The summed E-state index contributed by atoms with van der Waals surface area (Å²) in [6.07, 6.45) is 4.89. The van der Waals surface area contributed by atoms with Crippen LogP contribution in [0.1, 0.15) is 0 Å². The lowest BCUT2D eigenvalue weighted by Crippen LogP contribution is -2.43. The van der Waals surface area contributed by atoms with Crippen molar-refractivity contribution >= 4 is 27.6 Å². The molecule has 10 heteroatoms. The molecule has 2 aromatic rings. The van der Waals surface area contributed by atoms with E-state index in [1.165, 1.54) is 17.9 Å². The van der Waals surface area contributed by atoms with Gasteiger partial charge in [0.1, 0.15) is 11.3 Å². The summed E-state index contributed by atoms with van der Waals surface area (Å²) in [5, 5.41) is 3.16. The molecule has 2 aromatic heterocycles. The van der Waals surface area contributed by atoms with Gasteiger partial charge in [0.05, 0.1) is 15.9 Å². The second kappa shape index (κ2) is 6.70. The van der Waals surface area contributed by atoms with Crippen LogP contribution in [0.2, 0.25) is 0 Å². The zero-order chi connectivity index (χ0) is 15.3. The maximum atomic E-state index is 11.6. The first-order valence-corrected chi connectivity index (χ1v) is 8.25. The average molecular weight is 328 g/mol. The second-order valence-corrected chi connectivity index (χ2v) is 6.42. The molecule has 21 heavy (non-hydrogen) atoms. The molecule has 8 nitrogen and oxygen atoms in total. The molecular formula is C11H12N4O4S2. The second-order valence-electron chi connectivity index (χ2n) is 4.12. The first kappa shape index (κ1) is 15.5. The molecule has 0 aliphatic heterocycles. The first-order chi connectivity index (χ1) is 9.94. The lowest BCUT2D eigenvalue weighted by molar-refractivity contribution is -0.684. The number of carbonyl (C=O) groups is 1. The molecule has 0 spiro atoms. The molecule has 0 fully saturated rings. The van der Waals surface area contributed by atoms with Crippen LogP contribution in [0.4, 0.5) is 0 Å². The smallest absolute Gasteiger partial charge is 0.286 e. The molecule has 0 aliphatic carbocycles. The quantitative estimate of drug-likeness (QED) is 0.546. The highest BCUT2D eigenvalue weighted by Crippen LogP contribution is 2.17. The minimum absolute atomic E-state index is 0.0370. The van der Waals surface area contributed by atoms with Gasteiger partial charge in [-0.3, -0.25) is 4.79 Å². The van der Waals surface area contributed by atoms with Crippen LogP contribution in [-0.2, 0) is 21.5 Å². The monoisotopic (exact) mass is 328 g/mol. The fraction of sp³-hybridized carbons (Fsp3) is 0.273. The molecule has 0 atom stereocenters. The summed E-state index contributed by atoms with van der Waals surface area (Å²) in [6.45, 7) is -0.149. The van der Waals surface area contributed by atoms with Crippen molar-refractivity contribution in [3.63, 3.8) is 0 Å². The number of nitrogens with zero attached hydrogens (tertiary/aromatic N) is 3. The van der Waals surface area contributed by atoms with Crippen molar-refractivity contribution in [2.45, 2.75) is 6.54 Å². The molecule has 112 valence electrons. The van der Waals surface area contributed by atoms with Gasteiger partial charge < -0.3 is 9.87 Å². The normalized spacial score (nSPS) is 11.3. The molecule has 0 aliphatic rings. The van der Waals surface area contributed by atoms with Crippen LogP contribution in [0.15, 0.2) is 30.9 Å². The van der Waals surface area contributed by atoms with Crippen LogP contribution in [0, 0.1) is 0 Å². The highest BCUT2D eigenvalue weighted by atomic mass is 32.2. The molecule has 1 amide bonds. The van der Waals surface area contributed by atoms with E-state index >= 15 is 0 Å². The van der Waals surface area contributed by atoms with Gasteiger partial charge in [-0.15, -0.1) is 0 Å². The Morgan fingerprint density at radius 1 is 1.38 bits per heavy atom. The van der Waals surface area contributed by atoms with Gasteiger partial charge in [-0.1, -0.05) is 0 Å². The summed E-state index contributed by atoms with van der Waals surface area (Å²) >= 11 is 1.27. The third-order valence-electron chi connectivity index (χ3n) is 2.50. The van der Waals surface area contributed by atoms with Gasteiger partial charge in [0.2, 0.25) is 6.54 Å². The number of pyridine rings is 1.